The van der Waals surface area contributed by atoms with E-state index in [0.717, 1.165) is 22.8 Å². The molecule has 0 aliphatic carbocycles. The van der Waals surface area contributed by atoms with Crippen molar-refractivity contribution in [3.05, 3.63) is 60.2 Å². The third-order valence-electron chi connectivity index (χ3n) is 3.59. The van der Waals surface area contributed by atoms with Gasteiger partial charge in [-0.05, 0) is 22.8 Å². The van der Waals surface area contributed by atoms with Gasteiger partial charge in [-0.2, -0.15) is 0 Å². The first kappa shape index (κ1) is 16.7. The summed E-state index contributed by atoms with van der Waals surface area (Å²) in [4.78, 5) is 23.2. The maximum Gasteiger partial charge on any atom is 0.326 e. The smallest absolute Gasteiger partial charge is 0.326 e. The van der Waals surface area contributed by atoms with Crippen molar-refractivity contribution in [3.8, 4) is 0 Å². The first-order valence-electron chi connectivity index (χ1n) is 7.75. The van der Waals surface area contributed by atoms with Crippen LogP contribution < -0.4 is 5.32 Å². The van der Waals surface area contributed by atoms with E-state index in [4.69, 9.17) is 0 Å². The summed E-state index contributed by atoms with van der Waals surface area (Å²) in [5.41, 5.74) is 0.889. The minimum Gasteiger partial charge on any atom is -0.480 e. The van der Waals surface area contributed by atoms with Gasteiger partial charge in [0, 0.05) is 12.8 Å². The van der Waals surface area contributed by atoms with Crippen molar-refractivity contribution in [2.45, 2.75) is 32.2 Å². The topological polar surface area (TPSA) is 66.4 Å². The number of fused-ring (bicyclic) bond motifs is 1. The van der Waals surface area contributed by atoms with Crippen molar-refractivity contribution in [2.24, 2.45) is 0 Å². The van der Waals surface area contributed by atoms with Crippen molar-refractivity contribution in [1.29, 1.82) is 0 Å². The molecule has 0 aliphatic heterocycles. The van der Waals surface area contributed by atoms with Gasteiger partial charge < -0.3 is 10.4 Å². The van der Waals surface area contributed by atoms with Crippen LogP contribution in [0.3, 0.4) is 0 Å². The van der Waals surface area contributed by atoms with E-state index in [1.54, 1.807) is 6.08 Å². The molecule has 0 saturated heterocycles. The minimum atomic E-state index is -1.02. The van der Waals surface area contributed by atoms with Gasteiger partial charge in [0.1, 0.15) is 6.04 Å². The van der Waals surface area contributed by atoms with Crippen molar-refractivity contribution < 1.29 is 14.7 Å². The molecule has 2 N–H and O–H groups in total. The SMILES string of the molecule is CCC=CCC(=O)NC(Cc1ccc2ccccc2c1)C(=O)O. The zero-order valence-corrected chi connectivity index (χ0v) is 13.2. The monoisotopic (exact) mass is 311 g/mol. The van der Waals surface area contributed by atoms with Gasteiger partial charge in [0.2, 0.25) is 5.91 Å². The first-order valence-corrected chi connectivity index (χ1v) is 7.75. The number of hydrogen-bond donors (Lipinski definition) is 2. The molecule has 1 unspecified atom stereocenters. The Hall–Kier alpha value is -2.62. The maximum atomic E-state index is 11.8. The fourth-order valence-corrected chi connectivity index (χ4v) is 2.41. The average molecular weight is 311 g/mol. The highest BCUT2D eigenvalue weighted by atomic mass is 16.4. The Morgan fingerprint density at radius 2 is 1.87 bits per heavy atom. The lowest BCUT2D eigenvalue weighted by molar-refractivity contribution is -0.141. The second-order valence-corrected chi connectivity index (χ2v) is 5.43. The largest absolute Gasteiger partial charge is 0.480 e. The van der Waals surface area contributed by atoms with Gasteiger partial charge in [-0.15, -0.1) is 0 Å². The van der Waals surface area contributed by atoms with Crippen molar-refractivity contribution in [2.75, 3.05) is 0 Å². The summed E-state index contributed by atoms with van der Waals surface area (Å²) in [5, 5.41) is 14.1. The van der Waals surface area contributed by atoms with Gasteiger partial charge in [-0.1, -0.05) is 61.5 Å². The Bertz CT molecular complexity index is 721. The lowest BCUT2D eigenvalue weighted by Gasteiger charge is -2.14. The third kappa shape index (κ3) is 4.95. The average Bonchev–Trinajstić information content (AvgIpc) is 2.54. The third-order valence-corrected chi connectivity index (χ3v) is 3.59. The molecule has 0 bridgehead atoms. The van der Waals surface area contributed by atoms with Crippen LogP contribution in [0.4, 0.5) is 0 Å². The highest BCUT2D eigenvalue weighted by Crippen LogP contribution is 2.16. The highest BCUT2D eigenvalue weighted by molar-refractivity contribution is 5.85. The van der Waals surface area contributed by atoms with E-state index in [1.807, 2.05) is 55.5 Å². The lowest BCUT2D eigenvalue weighted by atomic mass is 10.0. The molecular weight excluding hydrogens is 290 g/mol. The number of allylic oxidation sites excluding steroid dienone is 1. The highest BCUT2D eigenvalue weighted by Gasteiger charge is 2.19. The summed E-state index contributed by atoms with van der Waals surface area (Å²) >= 11 is 0. The van der Waals surface area contributed by atoms with Crippen LogP contribution in [-0.4, -0.2) is 23.0 Å². The molecule has 1 atom stereocenters. The van der Waals surface area contributed by atoms with Crippen LogP contribution in [0.15, 0.2) is 54.6 Å². The Balaban J connectivity index is 2.07. The zero-order valence-electron chi connectivity index (χ0n) is 13.2. The fraction of sp³-hybridized carbons (Fsp3) is 0.263. The van der Waals surface area contributed by atoms with E-state index in [9.17, 15) is 14.7 Å². The van der Waals surface area contributed by atoms with Crippen molar-refractivity contribution >= 4 is 22.6 Å². The molecule has 2 rings (SSSR count). The van der Waals surface area contributed by atoms with E-state index in [2.05, 4.69) is 5.32 Å². The Kier molecular flexibility index (Phi) is 5.92. The van der Waals surface area contributed by atoms with Crippen LogP contribution in [0.25, 0.3) is 10.8 Å². The number of aliphatic carboxylic acids is 1. The number of carboxylic acid groups (broad SMARTS) is 1. The number of hydrogen-bond acceptors (Lipinski definition) is 2. The van der Waals surface area contributed by atoms with Crippen LogP contribution in [0.2, 0.25) is 0 Å². The molecule has 0 spiro atoms. The van der Waals surface area contributed by atoms with Crippen LogP contribution >= 0.6 is 0 Å². The van der Waals surface area contributed by atoms with Gasteiger partial charge >= 0.3 is 5.97 Å². The van der Waals surface area contributed by atoms with Gasteiger partial charge in [0.25, 0.3) is 0 Å². The Morgan fingerprint density at radius 3 is 2.57 bits per heavy atom. The van der Waals surface area contributed by atoms with Crippen LogP contribution in [-0.2, 0) is 16.0 Å². The molecule has 2 aromatic carbocycles. The number of carbonyl (C=O) groups is 2. The van der Waals surface area contributed by atoms with E-state index < -0.39 is 12.0 Å². The van der Waals surface area contributed by atoms with E-state index >= 15 is 0 Å². The second kappa shape index (κ2) is 8.13. The van der Waals surface area contributed by atoms with Crippen molar-refractivity contribution in [3.63, 3.8) is 0 Å². The summed E-state index contributed by atoms with van der Waals surface area (Å²) < 4.78 is 0. The quantitative estimate of drug-likeness (QED) is 0.771. The normalized spacial score (nSPS) is 12.4. The molecule has 120 valence electrons. The number of amides is 1. The van der Waals surface area contributed by atoms with Crippen molar-refractivity contribution in [1.82, 2.24) is 5.32 Å². The molecule has 0 heterocycles. The van der Waals surface area contributed by atoms with Crippen LogP contribution in [0.1, 0.15) is 25.3 Å². The number of nitrogens with one attached hydrogen (secondary N) is 1. The summed E-state index contributed by atoms with van der Waals surface area (Å²) in [5.74, 6) is -1.30. The molecule has 0 saturated carbocycles. The van der Waals surface area contributed by atoms with E-state index in [0.29, 0.717) is 0 Å². The molecule has 2 aromatic rings. The van der Waals surface area contributed by atoms with Gasteiger partial charge in [0.15, 0.2) is 0 Å². The van der Waals surface area contributed by atoms with E-state index in [1.165, 1.54) is 0 Å². The van der Waals surface area contributed by atoms with Gasteiger partial charge in [0.05, 0.1) is 0 Å². The molecule has 0 radical (unpaired) electrons. The van der Waals surface area contributed by atoms with E-state index in [-0.39, 0.29) is 18.7 Å². The van der Waals surface area contributed by atoms with Gasteiger partial charge in [-0.25, -0.2) is 4.79 Å². The molecule has 4 heteroatoms. The molecule has 0 aromatic heterocycles. The Morgan fingerprint density at radius 1 is 1.13 bits per heavy atom. The standard InChI is InChI=1S/C19H21NO3/c1-2-3-4-9-18(21)20-17(19(22)23)13-14-10-11-15-7-5-6-8-16(15)12-14/h3-8,10-12,17H,2,9,13H2,1H3,(H,20,21)(H,22,23). The van der Waals surface area contributed by atoms with Crippen LogP contribution in [0.5, 0.6) is 0 Å². The summed E-state index contributed by atoms with van der Waals surface area (Å²) in [7, 11) is 0. The molecule has 23 heavy (non-hydrogen) atoms. The predicted molar refractivity (Wildman–Crippen MR) is 91.3 cm³/mol. The lowest BCUT2D eigenvalue weighted by Crippen LogP contribution is -2.42. The van der Waals surface area contributed by atoms with Gasteiger partial charge in [-0.3, -0.25) is 4.79 Å². The number of benzene rings is 2. The molecule has 0 fully saturated rings. The number of carbonyl (C=O) groups excluding carboxylic acids is 1. The molecular formula is C19H21NO3. The Labute approximate surface area is 135 Å². The minimum absolute atomic E-state index is 0.204. The maximum absolute atomic E-state index is 11.8. The predicted octanol–water partition coefficient (Wildman–Crippen LogP) is 3.31. The number of rotatable bonds is 7. The first-order chi connectivity index (χ1) is 11.1. The second-order valence-electron chi connectivity index (χ2n) is 5.43. The molecule has 4 nitrogen and oxygen atoms in total. The summed E-state index contributed by atoms with van der Waals surface area (Å²) in [6.07, 6.45) is 4.97. The fourth-order valence-electron chi connectivity index (χ4n) is 2.41. The summed E-state index contributed by atoms with van der Waals surface area (Å²) in [6.45, 7) is 1.98. The summed E-state index contributed by atoms with van der Waals surface area (Å²) in [6, 6.07) is 12.8. The molecule has 0 aliphatic rings. The number of carboxylic acids is 1. The molecule has 1 amide bonds. The van der Waals surface area contributed by atoms with Crippen LogP contribution in [0, 0.1) is 0 Å². The zero-order chi connectivity index (χ0) is 16.7.